The first-order valence-corrected chi connectivity index (χ1v) is 8.97. The molecule has 3 aromatic rings. The van der Waals surface area contributed by atoms with Crippen molar-refractivity contribution in [3.05, 3.63) is 65.4 Å². The minimum atomic E-state index is -1.09. The molecule has 1 aliphatic heterocycles. The molecule has 2 N–H and O–H groups in total. The third-order valence-corrected chi connectivity index (χ3v) is 4.77. The number of hydrogen-bond acceptors (Lipinski definition) is 4. The Hall–Kier alpha value is -2.86. The van der Waals surface area contributed by atoms with E-state index in [1.807, 2.05) is 36.4 Å². The molecule has 4 rings (SSSR count). The molecule has 1 aromatic heterocycles. The number of benzene rings is 2. The molecular weight excluding hydrogens is 347 g/mol. The number of fused-ring (bicyclic) bond motifs is 1. The fourth-order valence-electron chi connectivity index (χ4n) is 3.34. The van der Waals surface area contributed by atoms with Gasteiger partial charge in [-0.2, -0.15) is 0 Å². The van der Waals surface area contributed by atoms with Gasteiger partial charge in [0.2, 0.25) is 0 Å². The number of nitrogens with one attached hydrogen (secondary N) is 2. The van der Waals surface area contributed by atoms with Gasteiger partial charge in [0, 0.05) is 18.5 Å². The molecule has 0 bridgehead atoms. The first kappa shape index (κ1) is 17.5. The van der Waals surface area contributed by atoms with Crippen LogP contribution in [0.15, 0.2) is 52.9 Å². The van der Waals surface area contributed by atoms with Gasteiger partial charge in [0.15, 0.2) is 0 Å². The predicted molar refractivity (Wildman–Crippen MR) is 101 cm³/mol. The van der Waals surface area contributed by atoms with E-state index >= 15 is 0 Å². The van der Waals surface area contributed by atoms with E-state index in [1.54, 1.807) is 19.1 Å². The van der Waals surface area contributed by atoms with Crippen molar-refractivity contribution in [2.24, 2.45) is 0 Å². The molecular formula is C21H21FN2O3. The summed E-state index contributed by atoms with van der Waals surface area (Å²) in [7, 11) is 0. The summed E-state index contributed by atoms with van der Waals surface area (Å²) in [5, 5.41) is 6.36. The highest BCUT2D eigenvalue weighted by molar-refractivity contribution is 6.07. The van der Waals surface area contributed by atoms with Crippen LogP contribution in [0.1, 0.15) is 21.7 Å². The summed E-state index contributed by atoms with van der Waals surface area (Å²) >= 11 is 0. The zero-order valence-electron chi connectivity index (χ0n) is 15.0. The van der Waals surface area contributed by atoms with E-state index in [0.717, 1.165) is 5.56 Å². The predicted octanol–water partition coefficient (Wildman–Crippen LogP) is 3.36. The molecule has 0 aliphatic carbocycles. The van der Waals surface area contributed by atoms with Gasteiger partial charge in [-0.15, -0.1) is 0 Å². The Kier molecular flexibility index (Phi) is 4.81. The van der Waals surface area contributed by atoms with Crippen LogP contribution in [0, 0.1) is 6.92 Å². The lowest BCUT2D eigenvalue weighted by atomic mass is 10.1. The van der Waals surface area contributed by atoms with Crippen molar-refractivity contribution in [3.63, 3.8) is 0 Å². The zero-order chi connectivity index (χ0) is 18.8. The average Bonchev–Trinajstić information content (AvgIpc) is 3.22. The first-order chi connectivity index (χ1) is 13.1. The molecule has 1 saturated heterocycles. The number of hydrogen-bond donors (Lipinski definition) is 2. The van der Waals surface area contributed by atoms with Gasteiger partial charge in [-0.3, -0.25) is 4.79 Å². The van der Waals surface area contributed by atoms with Gasteiger partial charge in [0.1, 0.15) is 29.9 Å². The van der Waals surface area contributed by atoms with E-state index in [-0.39, 0.29) is 12.5 Å². The Morgan fingerprint density at radius 3 is 2.81 bits per heavy atom. The van der Waals surface area contributed by atoms with Crippen molar-refractivity contribution in [2.75, 3.05) is 13.1 Å². The van der Waals surface area contributed by atoms with E-state index in [1.165, 1.54) is 0 Å². The van der Waals surface area contributed by atoms with Gasteiger partial charge in [0.25, 0.3) is 5.91 Å². The van der Waals surface area contributed by atoms with Gasteiger partial charge < -0.3 is 19.8 Å². The molecule has 2 atom stereocenters. The van der Waals surface area contributed by atoms with Crippen molar-refractivity contribution in [3.8, 4) is 5.75 Å². The number of halogens is 1. The van der Waals surface area contributed by atoms with E-state index in [4.69, 9.17) is 9.15 Å². The van der Waals surface area contributed by atoms with Crippen molar-refractivity contribution >= 4 is 16.9 Å². The highest BCUT2D eigenvalue weighted by Crippen LogP contribution is 2.29. The second kappa shape index (κ2) is 7.40. The van der Waals surface area contributed by atoms with Gasteiger partial charge in [0.05, 0.1) is 11.6 Å². The van der Waals surface area contributed by atoms with Gasteiger partial charge >= 0.3 is 0 Å². The van der Waals surface area contributed by atoms with Crippen LogP contribution in [0.25, 0.3) is 11.0 Å². The van der Waals surface area contributed by atoms with Crippen LogP contribution in [0.3, 0.4) is 0 Å². The lowest BCUT2D eigenvalue weighted by molar-refractivity contribution is 0.0924. The first-order valence-electron chi connectivity index (χ1n) is 8.97. The summed E-state index contributed by atoms with van der Waals surface area (Å²) in [4.78, 5) is 12.7. The standard InChI is InChI=1S/C21H21FN2O3/c1-13-20(21(25)24-18-11-23-10-17(18)22)16-9-15(7-8-19(16)27-13)26-12-14-5-3-2-4-6-14/h2-9,17-18,23H,10-12H2,1H3,(H,24,25)/t17-,18+/m0/s1. The summed E-state index contributed by atoms with van der Waals surface area (Å²) in [5.74, 6) is 0.819. The van der Waals surface area contributed by atoms with Gasteiger partial charge in [-0.1, -0.05) is 30.3 Å². The molecule has 0 saturated carbocycles. The number of ether oxygens (including phenoxy) is 1. The van der Waals surface area contributed by atoms with E-state index in [0.29, 0.717) is 41.2 Å². The molecule has 5 nitrogen and oxygen atoms in total. The summed E-state index contributed by atoms with van der Waals surface area (Å²) in [6.07, 6.45) is -1.09. The Bertz CT molecular complexity index is 955. The molecule has 1 fully saturated rings. The fourth-order valence-corrected chi connectivity index (χ4v) is 3.34. The number of rotatable bonds is 5. The third kappa shape index (κ3) is 3.66. The second-order valence-corrected chi connectivity index (χ2v) is 6.72. The van der Waals surface area contributed by atoms with Crippen LogP contribution in [-0.2, 0) is 6.61 Å². The Morgan fingerprint density at radius 2 is 2.07 bits per heavy atom. The summed E-state index contributed by atoms with van der Waals surface area (Å²) in [6, 6.07) is 14.7. The van der Waals surface area contributed by atoms with Crippen LogP contribution in [-0.4, -0.2) is 31.2 Å². The van der Waals surface area contributed by atoms with Crippen LogP contribution in [0.4, 0.5) is 4.39 Å². The van der Waals surface area contributed by atoms with E-state index in [2.05, 4.69) is 10.6 Å². The number of furan rings is 1. The van der Waals surface area contributed by atoms with Gasteiger partial charge in [-0.25, -0.2) is 4.39 Å². The third-order valence-electron chi connectivity index (χ3n) is 4.77. The smallest absolute Gasteiger partial charge is 0.255 e. The lowest BCUT2D eigenvalue weighted by Gasteiger charge is -2.13. The number of aryl methyl sites for hydroxylation is 1. The second-order valence-electron chi connectivity index (χ2n) is 6.72. The van der Waals surface area contributed by atoms with E-state index < -0.39 is 12.2 Å². The number of alkyl halides is 1. The van der Waals surface area contributed by atoms with Crippen LogP contribution in [0.5, 0.6) is 5.75 Å². The lowest BCUT2D eigenvalue weighted by Crippen LogP contribution is -2.41. The van der Waals surface area contributed by atoms with Crippen molar-refractivity contribution in [1.29, 1.82) is 0 Å². The Morgan fingerprint density at radius 1 is 1.26 bits per heavy atom. The van der Waals surface area contributed by atoms with E-state index in [9.17, 15) is 9.18 Å². The maximum atomic E-state index is 13.8. The topological polar surface area (TPSA) is 63.5 Å². The molecule has 2 aromatic carbocycles. The minimum Gasteiger partial charge on any atom is -0.489 e. The van der Waals surface area contributed by atoms with Crippen molar-refractivity contribution < 1.29 is 18.3 Å². The Labute approximate surface area is 156 Å². The van der Waals surface area contributed by atoms with Crippen molar-refractivity contribution in [2.45, 2.75) is 25.7 Å². The zero-order valence-corrected chi connectivity index (χ0v) is 15.0. The molecule has 0 spiro atoms. The molecule has 1 aliphatic rings. The number of carbonyl (C=O) groups is 1. The van der Waals surface area contributed by atoms with Crippen LogP contribution < -0.4 is 15.4 Å². The highest BCUT2D eigenvalue weighted by Gasteiger charge is 2.30. The molecule has 0 radical (unpaired) electrons. The monoisotopic (exact) mass is 368 g/mol. The Balaban J connectivity index is 1.56. The minimum absolute atomic E-state index is 0.257. The normalized spacial score (nSPS) is 19.3. The number of amides is 1. The molecule has 0 unspecified atom stereocenters. The van der Waals surface area contributed by atoms with Crippen LogP contribution >= 0.6 is 0 Å². The summed E-state index contributed by atoms with van der Waals surface area (Å²) < 4.78 is 25.4. The molecule has 27 heavy (non-hydrogen) atoms. The molecule has 140 valence electrons. The van der Waals surface area contributed by atoms with Gasteiger partial charge in [-0.05, 0) is 30.7 Å². The summed E-state index contributed by atoms with van der Waals surface area (Å²) in [6.45, 7) is 2.85. The molecule has 1 amide bonds. The largest absolute Gasteiger partial charge is 0.489 e. The average molecular weight is 368 g/mol. The maximum Gasteiger partial charge on any atom is 0.255 e. The fraction of sp³-hybridized carbons (Fsp3) is 0.286. The van der Waals surface area contributed by atoms with Crippen molar-refractivity contribution in [1.82, 2.24) is 10.6 Å². The maximum absolute atomic E-state index is 13.8. The highest BCUT2D eigenvalue weighted by atomic mass is 19.1. The SMILES string of the molecule is Cc1oc2ccc(OCc3ccccc3)cc2c1C(=O)N[C@@H]1CNC[C@@H]1F. The molecule has 2 heterocycles. The quantitative estimate of drug-likeness (QED) is 0.725. The summed E-state index contributed by atoms with van der Waals surface area (Å²) in [5.41, 5.74) is 2.09. The number of carbonyl (C=O) groups excluding carboxylic acids is 1. The molecule has 6 heteroatoms. The van der Waals surface area contributed by atoms with Crippen LogP contribution in [0.2, 0.25) is 0 Å².